The molecule has 18 heavy (non-hydrogen) atoms. The molecule has 0 fully saturated rings. The van der Waals surface area contributed by atoms with E-state index >= 15 is 0 Å². The summed E-state index contributed by atoms with van der Waals surface area (Å²) in [4.78, 5) is 2.77. The van der Waals surface area contributed by atoms with Crippen LogP contribution in [0.2, 0.25) is 0 Å². The van der Waals surface area contributed by atoms with Crippen LogP contribution >= 0.6 is 12.2 Å². The van der Waals surface area contributed by atoms with Crippen molar-refractivity contribution >= 4 is 22.9 Å². The fourth-order valence-corrected chi connectivity index (χ4v) is 2.18. The van der Waals surface area contributed by atoms with Gasteiger partial charge >= 0.3 is 0 Å². The number of hydrogen-bond donors (Lipinski definition) is 1. The van der Waals surface area contributed by atoms with Crippen molar-refractivity contribution in [3.8, 4) is 0 Å². The second-order valence-corrected chi connectivity index (χ2v) is 6.46. The van der Waals surface area contributed by atoms with Crippen LogP contribution < -0.4 is 10.6 Å². The fourth-order valence-electron chi connectivity index (χ4n) is 1.95. The molecule has 1 atom stereocenters. The van der Waals surface area contributed by atoms with E-state index in [1.807, 2.05) is 13.0 Å². The van der Waals surface area contributed by atoms with Crippen molar-refractivity contribution in [3.05, 3.63) is 29.3 Å². The van der Waals surface area contributed by atoms with Crippen LogP contribution in [-0.4, -0.2) is 18.1 Å². The van der Waals surface area contributed by atoms with Gasteiger partial charge in [-0.05, 0) is 43.0 Å². The second kappa shape index (κ2) is 5.27. The molecule has 0 aliphatic heterocycles. The van der Waals surface area contributed by atoms with Crippen molar-refractivity contribution in [2.24, 2.45) is 11.1 Å². The number of thiocarbonyl (C=S) groups is 1. The summed E-state index contributed by atoms with van der Waals surface area (Å²) < 4.78 is 0. The largest absolute Gasteiger partial charge is 0.389 e. The summed E-state index contributed by atoms with van der Waals surface area (Å²) in [6, 6.07) is 6.70. The molecule has 0 saturated carbocycles. The highest BCUT2D eigenvalue weighted by Gasteiger charge is 2.24. The van der Waals surface area contributed by atoms with Gasteiger partial charge in [-0.2, -0.15) is 0 Å². The quantitative estimate of drug-likeness (QED) is 0.847. The lowest BCUT2D eigenvalue weighted by Crippen LogP contribution is -2.39. The minimum absolute atomic E-state index is 0.241. The average molecular weight is 264 g/mol. The molecule has 0 amide bonds. The highest BCUT2D eigenvalue weighted by atomic mass is 32.1. The van der Waals surface area contributed by atoms with Crippen LogP contribution in [0.25, 0.3) is 0 Å². The Labute approximate surface area is 116 Å². The summed E-state index contributed by atoms with van der Waals surface area (Å²) in [5.41, 5.74) is 9.23. The zero-order valence-corrected chi connectivity index (χ0v) is 13.1. The molecule has 1 aromatic rings. The van der Waals surface area contributed by atoms with Gasteiger partial charge in [0.2, 0.25) is 0 Å². The number of aryl methyl sites for hydroxylation is 1. The predicted octanol–water partition coefficient (Wildman–Crippen LogP) is 3.50. The first-order chi connectivity index (χ1) is 8.14. The minimum Gasteiger partial charge on any atom is -0.389 e. The van der Waals surface area contributed by atoms with Gasteiger partial charge in [-0.3, -0.25) is 0 Å². The molecule has 1 rings (SSSR count). The summed E-state index contributed by atoms with van der Waals surface area (Å²) >= 11 is 5.03. The summed E-state index contributed by atoms with van der Waals surface area (Å²) in [6.07, 6.45) is 0. The Morgan fingerprint density at radius 1 is 1.33 bits per heavy atom. The SMILES string of the molecule is Cc1cc(N(C)C(C)C(C)(C)C)ccc1C(N)=S. The predicted molar refractivity (Wildman–Crippen MR) is 84.4 cm³/mol. The van der Waals surface area contributed by atoms with Crippen molar-refractivity contribution in [2.75, 3.05) is 11.9 Å². The number of nitrogens with two attached hydrogens (primary N) is 1. The highest BCUT2D eigenvalue weighted by molar-refractivity contribution is 7.80. The monoisotopic (exact) mass is 264 g/mol. The lowest BCUT2D eigenvalue weighted by atomic mass is 9.87. The van der Waals surface area contributed by atoms with E-state index < -0.39 is 0 Å². The molecule has 0 aromatic heterocycles. The number of nitrogens with zero attached hydrogens (tertiary/aromatic N) is 1. The van der Waals surface area contributed by atoms with Crippen LogP contribution in [0.5, 0.6) is 0 Å². The summed E-state index contributed by atoms with van der Waals surface area (Å²) in [5, 5.41) is 0. The Morgan fingerprint density at radius 3 is 2.28 bits per heavy atom. The number of rotatable bonds is 3. The van der Waals surface area contributed by atoms with Gasteiger partial charge in [0.1, 0.15) is 4.99 Å². The van der Waals surface area contributed by atoms with Gasteiger partial charge in [-0.25, -0.2) is 0 Å². The standard InChI is InChI=1S/C15H24N2S/c1-10-9-12(7-8-13(10)14(16)18)17(6)11(2)15(3,4)5/h7-9,11H,1-6H3,(H2,16,18). The molecule has 0 spiro atoms. The number of hydrogen-bond acceptors (Lipinski definition) is 2. The van der Waals surface area contributed by atoms with Crippen molar-refractivity contribution in [1.82, 2.24) is 0 Å². The molecule has 0 radical (unpaired) electrons. The molecule has 3 heteroatoms. The Kier molecular flexibility index (Phi) is 4.38. The van der Waals surface area contributed by atoms with Crippen molar-refractivity contribution < 1.29 is 0 Å². The topological polar surface area (TPSA) is 29.3 Å². The van der Waals surface area contributed by atoms with Gasteiger partial charge in [0.15, 0.2) is 0 Å². The molecule has 0 aliphatic carbocycles. The Bertz CT molecular complexity index is 446. The maximum absolute atomic E-state index is 5.69. The maximum atomic E-state index is 5.69. The molecular weight excluding hydrogens is 240 g/mol. The van der Waals surface area contributed by atoms with Crippen molar-refractivity contribution in [3.63, 3.8) is 0 Å². The second-order valence-electron chi connectivity index (χ2n) is 6.02. The molecular formula is C15H24N2S. The Balaban J connectivity index is 3.05. The van der Waals surface area contributed by atoms with E-state index in [1.165, 1.54) is 5.69 Å². The normalized spacial score (nSPS) is 13.2. The molecule has 0 heterocycles. The Hall–Kier alpha value is -1.09. The summed E-state index contributed by atoms with van der Waals surface area (Å²) in [7, 11) is 2.13. The zero-order valence-electron chi connectivity index (χ0n) is 12.2. The molecule has 2 N–H and O–H groups in total. The van der Waals surface area contributed by atoms with Crippen LogP contribution in [0.15, 0.2) is 18.2 Å². The first-order valence-electron chi connectivity index (χ1n) is 6.28. The van der Waals surface area contributed by atoms with Crippen LogP contribution in [0.4, 0.5) is 5.69 Å². The van der Waals surface area contributed by atoms with Crippen LogP contribution in [0.1, 0.15) is 38.8 Å². The smallest absolute Gasteiger partial charge is 0.104 e. The third-order valence-corrected chi connectivity index (χ3v) is 3.94. The Morgan fingerprint density at radius 2 is 1.89 bits per heavy atom. The van der Waals surface area contributed by atoms with E-state index in [-0.39, 0.29) is 5.41 Å². The summed E-state index contributed by atoms with van der Waals surface area (Å²) in [6.45, 7) is 11.1. The zero-order chi connectivity index (χ0) is 14.1. The van der Waals surface area contributed by atoms with Crippen LogP contribution in [0, 0.1) is 12.3 Å². The van der Waals surface area contributed by atoms with Crippen molar-refractivity contribution in [2.45, 2.75) is 40.7 Å². The third kappa shape index (κ3) is 3.22. The lowest BCUT2D eigenvalue weighted by Gasteiger charge is -2.37. The summed E-state index contributed by atoms with van der Waals surface area (Å²) in [5.74, 6) is 0. The maximum Gasteiger partial charge on any atom is 0.104 e. The molecule has 100 valence electrons. The van der Waals surface area contributed by atoms with E-state index in [9.17, 15) is 0 Å². The first-order valence-corrected chi connectivity index (χ1v) is 6.68. The molecule has 0 saturated heterocycles. The minimum atomic E-state index is 0.241. The first kappa shape index (κ1) is 15.0. The molecule has 1 aromatic carbocycles. The molecule has 1 unspecified atom stereocenters. The molecule has 0 bridgehead atoms. The van der Waals surface area contributed by atoms with Gasteiger partial charge in [0.05, 0.1) is 0 Å². The van der Waals surface area contributed by atoms with E-state index in [0.717, 1.165) is 11.1 Å². The third-order valence-electron chi connectivity index (χ3n) is 3.72. The fraction of sp³-hybridized carbons (Fsp3) is 0.533. The highest BCUT2D eigenvalue weighted by Crippen LogP contribution is 2.28. The number of benzene rings is 1. The van der Waals surface area contributed by atoms with Crippen LogP contribution in [0.3, 0.4) is 0 Å². The van der Waals surface area contributed by atoms with Gasteiger partial charge in [0, 0.05) is 24.3 Å². The molecule has 0 aliphatic rings. The van der Waals surface area contributed by atoms with E-state index in [4.69, 9.17) is 18.0 Å². The van der Waals surface area contributed by atoms with Gasteiger partial charge in [-0.15, -0.1) is 0 Å². The molecule has 2 nitrogen and oxygen atoms in total. The number of anilines is 1. The van der Waals surface area contributed by atoms with Gasteiger partial charge in [-0.1, -0.05) is 33.0 Å². The van der Waals surface area contributed by atoms with Gasteiger partial charge in [0.25, 0.3) is 0 Å². The van der Waals surface area contributed by atoms with Crippen molar-refractivity contribution in [1.29, 1.82) is 0 Å². The average Bonchev–Trinajstić information content (AvgIpc) is 2.25. The van der Waals surface area contributed by atoms with Gasteiger partial charge < -0.3 is 10.6 Å². The van der Waals surface area contributed by atoms with Crippen LogP contribution in [-0.2, 0) is 0 Å². The van der Waals surface area contributed by atoms with E-state index in [1.54, 1.807) is 0 Å². The lowest BCUT2D eigenvalue weighted by molar-refractivity contribution is 0.330. The van der Waals surface area contributed by atoms with E-state index in [0.29, 0.717) is 11.0 Å². The van der Waals surface area contributed by atoms with E-state index in [2.05, 4.69) is 51.8 Å².